The summed E-state index contributed by atoms with van der Waals surface area (Å²) in [6, 6.07) is 13.8. The molecule has 0 radical (unpaired) electrons. The summed E-state index contributed by atoms with van der Waals surface area (Å²) in [5, 5.41) is 0.770. The zero-order valence-corrected chi connectivity index (χ0v) is 14.1. The number of urea groups is 1. The number of methoxy groups -OCH3 is 2. The van der Waals surface area contributed by atoms with Gasteiger partial charge in [0.05, 0.1) is 39.8 Å². The van der Waals surface area contributed by atoms with Crippen LogP contribution in [-0.4, -0.2) is 39.7 Å². The number of ether oxygens (including phenoxy) is 2. The second kappa shape index (κ2) is 8.19. The quantitative estimate of drug-likeness (QED) is 0.759. The van der Waals surface area contributed by atoms with Gasteiger partial charge in [-0.05, 0) is 24.3 Å². The second-order valence-corrected chi connectivity index (χ2v) is 4.59. The minimum absolute atomic E-state index is 0.421. The molecule has 2 rings (SSSR count). The summed E-state index contributed by atoms with van der Waals surface area (Å²) in [4.78, 5) is 24.2. The summed E-state index contributed by atoms with van der Waals surface area (Å²) in [7, 11) is 5.73. The van der Waals surface area contributed by atoms with Gasteiger partial charge in [0.1, 0.15) is 0 Å². The summed E-state index contributed by atoms with van der Waals surface area (Å²) >= 11 is 0. The topological polar surface area (TPSA) is 60.5 Å². The van der Waals surface area contributed by atoms with Gasteiger partial charge in [-0.2, -0.15) is 0 Å². The molecule has 0 fully saturated rings. The monoisotopic (exact) mass is 332 g/mol. The van der Waals surface area contributed by atoms with Crippen LogP contribution < -0.4 is 14.4 Å². The summed E-state index contributed by atoms with van der Waals surface area (Å²) in [6.45, 7) is 0. The van der Waals surface area contributed by atoms with Gasteiger partial charge in [-0.3, -0.25) is 4.90 Å². The fourth-order valence-corrected chi connectivity index (χ4v) is 2.29. The zero-order valence-electron chi connectivity index (χ0n) is 14.1. The highest BCUT2D eigenvalue weighted by atomic mass is 16.9. The standard InChI is InChI=1S/C17H20N2O5/c1-21-15-12-8-11-14(16(15)22-2)18(13-9-6-5-7-10-13)17(20)19(23-3)24-4/h5-12H,1-4H3. The molecule has 0 aliphatic heterocycles. The molecular formula is C17H20N2O5. The lowest BCUT2D eigenvalue weighted by Crippen LogP contribution is -2.39. The Labute approximate surface area is 140 Å². The Kier molecular flexibility index (Phi) is 6.00. The molecule has 0 aromatic heterocycles. The van der Waals surface area contributed by atoms with Gasteiger partial charge in [0.2, 0.25) is 0 Å². The number of hydroxylamine groups is 2. The van der Waals surface area contributed by atoms with Crippen molar-refractivity contribution in [1.29, 1.82) is 0 Å². The Hall–Kier alpha value is -2.77. The first-order valence-electron chi connectivity index (χ1n) is 7.16. The maximum absolute atomic E-state index is 12.9. The van der Waals surface area contributed by atoms with Crippen LogP contribution in [0, 0.1) is 0 Å². The number of anilines is 2. The summed E-state index contributed by atoms with van der Waals surface area (Å²) in [5.41, 5.74) is 1.11. The molecule has 0 spiro atoms. The third-order valence-corrected chi connectivity index (χ3v) is 3.32. The number of para-hydroxylation sites is 2. The van der Waals surface area contributed by atoms with Crippen molar-refractivity contribution in [2.45, 2.75) is 0 Å². The molecule has 0 N–H and O–H groups in total. The highest BCUT2D eigenvalue weighted by Crippen LogP contribution is 2.40. The molecule has 0 aliphatic carbocycles. The van der Waals surface area contributed by atoms with E-state index in [1.807, 2.05) is 18.2 Å². The lowest BCUT2D eigenvalue weighted by molar-refractivity contribution is -0.296. The number of carbonyl (C=O) groups is 1. The fraction of sp³-hybridized carbons (Fsp3) is 0.235. The van der Waals surface area contributed by atoms with Crippen molar-refractivity contribution in [3.05, 3.63) is 48.5 Å². The molecule has 0 aliphatic rings. The third-order valence-electron chi connectivity index (χ3n) is 3.32. The molecule has 2 aromatic rings. The Balaban J connectivity index is 2.61. The minimum Gasteiger partial charge on any atom is -0.493 e. The Bertz CT molecular complexity index is 674. The maximum atomic E-state index is 12.9. The molecule has 0 bridgehead atoms. The molecule has 128 valence electrons. The van der Waals surface area contributed by atoms with Crippen molar-refractivity contribution in [3.63, 3.8) is 0 Å². The van der Waals surface area contributed by atoms with Crippen LogP contribution in [0.1, 0.15) is 0 Å². The fourth-order valence-electron chi connectivity index (χ4n) is 2.29. The van der Waals surface area contributed by atoms with Crippen molar-refractivity contribution < 1.29 is 23.9 Å². The van der Waals surface area contributed by atoms with Crippen molar-refractivity contribution in [3.8, 4) is 11.5 Å². The summed E-state index contributed by atoms with van der Waals surface area (Å²) in [5.74, 6) is 0.925. The second-order valence-electron chi connectivity index (χ2n) is 4.59. The predicted octanol–water partition coefficient (Wildman–Crippen LogP) is 3.39. The first-order chi connectivity index (χ1) is 11.7. The smallest absolute Gasteiger partial charge is 0.378 e. The van der Waals surface area contributed by atoms with Gasteiger partial charge in [-0.25, -0.2) is 14.5 Å². The number of amides is 2. The number of hydrogen-bond donors (Lipinski definition) is 0. The highest BCUT2D eigenvalue weighted by Gasteiger charge is 2.28. The van der Waals surface area contributed by atoms with Crippen LogP contribution in [0.2, 0.25) is 0 Å². The first-order valence-corrected chi connectivity index (χ1v) is 7.16. The zero-order chi connectivity index (χ0) is 17.5. The highest BCUT2D eigenvalue weighted by molar-refractivity contribution is 6.00. The number of carbonyl (C=O) groups excluding carboxylic acids is 1. The maximum Gasteiger partial charge on any atom is 0.378 e. The average Bonchev–Trinajstić information content (AvgIpc) is 2.63. The van der Waals surface area contributed by atoms with E-state index >= 15 is 0 Å². The lowest BCUT2D eigenvalue weighted by Gasteiger charge is -2.28. The summed E-state index contributed by atoms with van der Waals surface area (Å²) < 4.78 is 10.8. The Morgan fingerprint density at radius 3 is 2.04 bits per heavy atom. The Morgan fingerprint density at radius 2 is 1.50 bits per heavy atom. The van der Waals surface area contributed by atoms with Crippen LogP contribution in [0.3, 0.4) is 0 Å². The van der Waals surface area contributed by atoms with E-state index < -0.39 is 6.03 Å². The summed E-state index contributed by atoms with van der Waals surface area (Å²) in [6.07, 6.45) is 0. The van der Waals surface area contributed by atoms with E-state index in [0.29, 0.717) is 22.9 Å². The molecule has 2 amide bonds. The molecule has 7 nitrogen and oxygen atoms in total. The van der Waals surface area contributed by atoms with Gasteiger partial charge in [0, 0.05) is 0 Å². The number of benzene rings is 2. The number of rotatable bonds is 6. The molecule has 24 heavy (non-hydrogen) atoms. The largest absolute Gasteiger partial charge is 0.493 e. The van der Waals surface area contributed by atoms with E-state index in [1.165, 1.54) is 33.3 Å². The third kappa shape index (κ3) is 3.42. The molecule has 0 heterocycles. The van der Waals surface area contributed by atoms with E-state index in [0.717, 1.165) is 5.23 Å². The van der Waals surface area contributed by atoms with Crippen LogP contribution in [0.15, 0.2) is 48.5 Å². The van der Waals surface area contributed by atoms with E-state index in [-0.39, 0.29) is 0 Å². The van der Waals surface area contributed by atoms with E-state index in [4.69, 9.17) is 19.1 Å². The molecular weight excluding hydrogens is 312 g/mol. The van der Waals surface area contributed by atoms with E-state index in [2.05, 4.69) is 0 Å². The van der Waals surface area contributed by atoms with E-state index in [9.17, 15) is 4.79 Å². The normalized spacial score (nSPS) is 10.2. The molecule has 7 heteroatoms. The SMILES string of the molecule is COc1cccc(N(C(=O)N(OC)OC)c2ccccc2)c1OC. The number of hydrogen-bond acceptors (Lipinski definition) is 5. The van der Waals surface area contributed by atoms with Gasteiger partial charge in [0.15, 0.2) is 11.5 Å². The minimum atomic E-state index is -0.544. The molecule has 0 saturated carbocycles. The number of nitrogens with zero attached hydrogens (tertiary/aromatic N) is 2. The van der Waals surface area contributed by atoms with Gasteiger partial charge < -0.3 is 9.47 Å². The Morgan fingerprint density at radius 1 is 0.833 bits per heavy atom. The van der Waals surface area contributed by atoms with Gasteiger partial charge in [-0.15, -0.1) is 0 Å². The average molecular weight is 332 g/mol. The van der Waals surface area contributed by atoms with Crippen molar-refractivity contribution in [2.75, 3.05) is 33.3 Å². The molecule has 0 atom stereocenters. The van der Waals surface area contributed by atoms with Crippen LogP contribution in [0.4, 0.5) is 16.2 Å². The van der Waals surface area contributed by atoms with Crippen molar-refractivity contribution >= 4 is 17.4 Å². The van der Waals surface area contributed by atoms with Crippen molar-refractivity contribution in [1.82, 2.24) is 5.23 Å². The van der Waals surface area contributed by atoms with Crippen LogP contribution in [0.5, 0.6) is 11.5 Å². The first kappa shape index (κ1) is 17.6. The predicted molar refractivity (Wildman–Crippen MR) is 89.4 cm³/mol. The van der Waals surface area contributed by atoms with Crippen LogP contribution in [0.25, 0.3) is 0 Å². The van der Waals surface area contributed by atoms with E-state index in [1.54, 1.807) is 30.3 Å². The molecule has 0 unspecified atom stereocenters. The van der Waals surface area contributed by atoms with Gasteiger partial charge in [0.25, 0.3) is 0 Å². The molecule has 0 saturated heterocycles. The van der Waals surface area contributed by atoms with Crippen LogP contribution >= 0.6 is 0 Å². The van der Waals surface area contributed by atoms with Crippen LogP contribution in [-0.2, 0) is 9.68 Å². The lowest BCUT2D eigenvalue weighted by atomic mass is 10.2. The van der Waals surface area contributed by atoms with Crippen molar-refractivity contribution in [2.24, 2.45) is 0 Å². The van der Waals surface area contributed by atoms with Gasteiger partial charge in [-0.1, -0.05) is 29.5 Å². The van der Waals surface area contributed by atoms with Gasteiger partial charge >= 0.3 is 6.03 Å². The molecule has 2 aromatic carbocycles.